The van der Waals surface area contributed by atoms with E-state index < -0.39 is 11.3 Å². The first-order valence-electron chi connectivity index (χ1n) is 10.2. The highest BCUT2D eigenvalue weighted by molar-refractivity contribution is 5.68. The van der Waals surface area contributed by atoms with Crippen LogP contribution in [-0.2, 0) is 4.74 Å². The van der Waals surface area contributed by atoms with Crippen molar-refractivity contribution in [1.29, 1.82) is 0 Å². The maximum absolute atomic E-state index is 15.4. The number of halogens is 2. The van der Waals surface area contributed by atoms with Gasteiger partial charge in [0.05, 0.1) is 5.69 Å². The van der Waals surface area contributed by atoms with Crippen LogP contribution in [0.25, 0.3) is 0 Å². The Morgan fingerprint density at radius 1 is 1.14 bits per heavy atom. The van der Waals surface area contributed by atoms with E-state index in [4.69, 9.17) is 10.5 Å². The lowest BCUT2D eigenvalue weighted by molar-refractivity contribution is -0.00638. The van der Waals surface area contributed by atoms with E-state index in [2.05, 4.69) is 4.90 Å². The Balaban J connectivity index is 1.47. The summed E-state index contributed by atoms with van der Waals surface area (Å²) >= 11 is 0. The van der Waals surface area contributed by atoms with E-state index in [1.165, 1.54) is 6.07 Å². The number of ether oxygens (including phenoxy) is 1. The number of anilines is 2. The highest BCUT2D eigenvalue weighted by atomic mass is 19.1. The highest BCUT2D eigenvalue weighted by Gasteiger charge is 2.39. The third-order valence-electron chi connectivity index (χ3n) is 5.50. The van der Waals surface area contributed by atoms with Crippen molar-refractivity contribution in [2.45, 2.75) is 44.9 Å². The Labute approximate surface area is 171 Å². The number of piperidine rings is 1. The van der Waals surface area contributed by atoms with E-state index >= 15 is 4.39 Å². The summed E-state index contributed by atoms with van der Waals surface area (Å²) in [6.45, 7) is 9.16. The third kappa shape index (κ3) is 5.72. The Morgan fingerprint density at radius 2 is 1.76 bits per heavy atom. The number of alkyl halides is 1. The fourth-order valence-electron chi connectivity index (χ4n) is 3.90. The lowest BCUT2D eigenvalue weighted by atomic mass is 9.92. The van der Waals surface area contributed by atoms with Crippen molar-refractivity contribution in [2.24, 2.45) is 0 Å². The lowest BCUT2D eigenvalue weighted by Crippen LogP contribution is -2.54. The molecular weight excluding hydrogens is 378 g/mol. The average molecular weight is 411 g/mol. The number of hydrogen-bond donors (Lipinski definition) is 1. The zero-order valence-corrected chi connectivity index (χ0v) is 17.6. The predicted molar refractivity (Wildman–Crippen MR) is 110 cm³/mol. The number of nitrogens with two attached hydrogens (primary N) is 1. The fraction of sp³-hybridized carbons (Fsp3) is 0.667. The van der Waals surface area contributed by atoms with Crippen LogP contribution in [0.5, 0.6) is 0 Å². The summed E-state index contributed by atoms with van der Waals surface area (Å²) in [5.41, 5.74) is 4.70. The van der Waals surface area contributed by atoms with Gasteiger partial charge in [-0.25, -0.2) is 13.6 Å². The molecule has 0 saturated carbocycles. The van der Waals surface area contributed by atoms with Gasteiger partial charge in [-0.3, -0.25) is 4.90 Å². The van der Waals surface area contributed by atoms with Crippen LogP contribution in [0.3, 0.4) is 0 Å². The van der Waals surface area contributed by atoms with E-state index in [-0.39, 0.29) is 11.9 Å². The van der Waals surface area contributed by atoms with Crippen molar-refractivity contribution < 1.29 is 18.3 Å². The van der Waals surface area contributed by atoms with Gasteiger partial charge >= 0.3 is 6.09 Å². The molecule has 29 heavy (non-hydrogen) atoms. The predicted octanol–water partition coefficient (Wildman–Crippen LogP) is 3.27. The van der Waals surface area contributed by atoms with Crippen LogP contribution < -0.4 is 10.6 Å². The number of amides is 1. The molecule has 0 atom stereocenters. The summed E-state index contributed by atoms with van der Waals surface area (Å²) in [6.07, 6.45) is 0.233. The quantitative estimate of drug-likeness (QED) is 0.775. The van der Waals surface area contributed by atoms with Gasteiger partial charge in [0.1, 0.15) is 17.1 Å². The van der Waals surface area contributed by atoms with Crippen LogP contribution in [0.4, 0.5) is 25.0 Å². The molecule has 6 nitrogen and oxygen atoms in total. The average Bonchev–Trinajstić information content (AvgIpc) is 2.61. The number of likely N-dealkylation sites (tertiary alicyclic amines) is 1. The normalized spacial score (nSPS) is 20.6. The van der Waals surface area contributed by atoms with Gasteiger partial charge in [-0.2, -0.15) is 0 Å². The first kappa shape index (κ1) is 21.6. The molecule has 3 rings (SSSR count). The number of benzene rings is 1. The van der Waals surface area contributed by atoms with Gasteiger partial charge in [-0.15, -0.1) is 0 Å². The van der Waals surface area contributed by atoms with E-state index in [0.29, 0.717) is 70.0 Å². The highest BCUT2D eigenvalue weighted by Crippen LogP contribution is 2.30. The van der Waals surface area contributed by atoms with Gasteiger partial charge < -0.3 is 20.3 Å². The zero-order valence-electron chi connectivity index (χ0n) is 17.6. The smallest absolute Gasteiger partial charge is 0.410 e. The van der Waals surface area contributed by atoms with Gasteiger partial charge in [-0.05, 0) is 39.0 Å². The topological polar surface area (TPSA) is 62.0 Å². The van der Waals surface area contributed by atoms with Gasteiger partial charge in [-0.1, -0.05) is 0 Å². The summed E-state index contributed by atoms with van der Waals surface area (Å²) in [6, 6.07) is 4.72. The molecule has 1 aromatic carbocycles. The number of rotatable bonds is 3. The van der Waals surface area contributed by atoms with E-state index in [9.17, 15) is 9.18 Å². The molecule has 2 N–H and O–H groups in total. The summed E-state index contributed by atoms with van der Waals surface area (Å²) in [7, 11) is 0. The summed E-state index contributed by atoms with van der Waals surface area (Å²) in [5.74, 6) is -0.324. The number of carbonyl (C=O) groups is 1. The van der Waals surface area contributed by atoms with Crippen LogP contribution in [0.1, 0.15) is 33.6 Å². The second-order valence-corrected chi connectivity index (χ2v) is 9.09. The fourth-order valence-corrected chi connectivity index (χ4v) is 3.90. The van der Waals surface area contributed by atoms with Crippen LogP contribution >= 0.6 is 0 Å². The van der Waals surface area contributed by atoms with Crippen LogP contribution in [0.15, 0.2) is 18.2 Å². The minimum atomic E-state index is -1.31. The van der Waals surface area contributed by atoms with Crippen molar-refractivity contribution >= 4 is 17.5 Å². The summed E-state index contributed by atoms with van der Waals surface area (Å²) in [5, 5.41) is 0. The van der Waals surface area contributed by atoms with E-state index in [1.807, 2.05) is 25.7 Å². The van der Waals surface area contributed by atoms with Crippen molar-refractivity contribution in [3.05, 3.63) is 24.0 Å². The van der Waals surface area contributed by atoms with Crippen molar-refractivity contribution in [3.8, 4) is 0 Å². The number of nitrogen functional groups attached to an aromatic ring is 1. The molecular formula is C21H32F2N4O2. The molecule has 2 heterocycles. The van der Waals surface area contributed by atoms with Crippen LogP contribution in [0, 0.1) is 5.82 Å². The molecule has 2 aliphatic heterocycles. The first-order chi connectivity index (χ1) is 13.5. The number of piperazine rings is 1. The Hall–Kier alpha value is -2.09. The first-order valence-corrected chi connectivity index (χ1v) is 10.2. The second-order valence-electron chi connectivity index (χ2n) is 9.09. The Kier molecular flexibility index (Phi) is 6.22. The van der Waals surface area contributed by atoms with Crippen molar-refractivity contribution in [2.75, 3.05) is 56.4 Å². The molecule has 2 saturated heterocycles. The van der Waals surface area contributed by atoms with Crippen molar-refractivity contribution in [1.82, 2.24) is 9.80 Å². The maximum atomic E-state index is 15.4. The van der Waals surface area contributed by atoms with E-state index in [0.717, 1.165) is 0 Å². The standard InChI is InChI=1S/C21H32F2N4O2/c1-20(2,3)29-19(28)27-8-6-21(23,7-9-27)15-25-10-12-26(13-11-25)18-5-4-16(24)14-17(18)22/h4-5,14H,6-13,15,24H2,1-3H3. The Bertz CT molecular complexity index is 722. The van der Waals surface area contributed by atoms with Crippen LogP contribution in [0.2, 0.25) is 0 Å². The molecule has 0 aromatic heterocycles. The maximum Gasteiger partial charge on any atom is 0.410 e. The van der Waals surface area contributed by atoms with Gasteiger partial charge in [0.2, 0.25) is 0 Å². The molecule has 1 amide bonds. The molecule has 1 aromatic rings. The molecule has 8 heteroatoms. The monoisotopic (exact) mass is 410 g/mol. The minimum absolute atomic E-state index is 0.305. The molecule has 2 fully saturated rings. The zero-order chi connectivity index (χ0) is 21.2. The van der Waals surface area contributed by atoms with E-state index in [1.54, 1.807) is 17.0 Å². The number of carbonyl (C=O) groups excluding carboxylic acids is 1. The SMILES string of the molecule is CC(C)(C)OC(=O)N1CCC(F)(CN2CCN(c3ccc(N)cc3F)CC2)CC1. The van der Waals surface area contributed by atoms with Crippen LogP contribution in [-0.4, -0.2) is 73.0 Å². The molecule has 0 spiro atoms. The summed E-state index contributed by atoms with van der Waals surface area (Å²) in [4.78, 5) is 17.8. The Morgan fingerprint density at radius 3 is 2.31 bits per heavy atom. The molecule has 0 unspecified atom stereocenters. The molecule has 0 radical (unpaired) electrons. The van der Waals surface area contributed by atoms with Gasteiger partial charge in [0, 0.05) is 64.3 Å². The largest absolute Gasteiger partial charge is 0.444 e. The lowest BCUT2D eigenvalue weighted by Gasteiger charge is -2.42. The molecule has 0 bridgehead atoms. The minimum Gasteiger partial charge on any atom is -0.444 e. The number of nitrogens with zero attached hydrogens (tertiary/aromatic N) is 3. The third-order valence-corrected chi connectivity index (χ3v) is 5.50. The summed E-state index contributed by atoms with van der Waals surface area (Å²) < 4.78 is 34.9. The van der Waals surface area contributed by atoms with Crippen molar-refractivity contribution in [3.63, 3.8) is 0 Å². The number of hydrogen-bond acceptors (Lipinski definition) is 5. The van der Waals surface area contributed by atoms with Gasteiger partial charge in [0.25, 0.3) is 0 Å². The second kappa shape index (κ2) is 8.34. The molecule has 162 valence electrons. The molecule has 2 aliphatic rings. The molecule has 0 aliphatic carbocycles. The van der Waals surface area contributed by atoms with Gasteiger partial charge in [0.15, 0.2) is 0 Å².